The fourth-order valence-electron chi connectivity index (χ4n) is 2.53. The molecule has 1 aromatic rings. The molecule has 1 atom stereocenters. The number of sulfone groups is 1. The zero-order valence-corrected chi connectivity index (χ0v) is 15.6. The van der Waals surface area contributed by atoms with E-state index in [0.29, 0.717) is 18.7 Å². The molecule has 0 bridgehead atoms. The molecule has 0 spiro atoms. The SMILES string of the molecule is CCN(/C=C(/C#N)C(=O)Nc1ccc(Br)cc1)C1CCS(=O)(=O)C1. The van der Waals surface area contributed by atoms with E-state index in [2.05, 4.69) is 21.2 Å². The molecular formula is C16H18BrN3O3S. The Morgan fingerprint density at radius 3 is 2.62 bits per heavy atom. The Morgan fingerprint density at radius 1 is 1.46 bits per heavy atom. The highest BCUT2D eigenvalue weighted by Crippen LogP contribution is 2.19. The van der Waals surface area contributed by atoms with Gasteiger partial charge in [-0.05, 0) is 37.6 Å². The number of nitrogens with zero attached hydrogens (tertiary/aromatic N) is 2. The van der Waals surface area contributed by atoms with Gasteiger partial charge in [0.1, 0.15) is 11.6 Å². The third-order valence-corrected chi connectivity index (χ3v) is 6.08. The molecule has 2 rings (SSSR count). The van der Waals surface area contributed by atoms with Crippen molar-refractivity contribution in [3.05, 3.63) is 40.5 Å². The van der Waals surface area contributed by atoms with Gasteiger partial charge in [0.2, 0.25) is 0 Å². The maximum atomic E-state index is 12.3. The van der Waals surface area contributed by atoms with Crippen molar-refractivity contribution in [2.75, 3.05) is 23.4 Å². The molecule has 1 aliphatic rings. The standard InChI is InChI=1S/C16H18BrN3O3S/c1-2-20(15-7-8-24(22,23)11-15)10-12(9-18)16(21)19-14-5-3-13(17)4-6-14/h3-6,10,15H,2,7-8,11H2,1H3,(H,19,21)/b12-10-. The van der Waals surface area contributed by atoms with Crippen LogP contribution in [0.25, 0.3) is 0 Å². The maximum absolute atomic E-state index is 12.3. The van der Waals surface area contributed by atoms with E-state index in [9.17, 15) is 18.5 Å². The van der Waals surface area contributed by atoms with Crippen molar-refractivity contribution in [1.82, 2.24) is 4.90 Å². The van der Waals surface area contributed by atoms with Gasteiger partial charge in [-0.2, -0.15) is 5.26 Å². The highest BCUT2D eigenvalue weighted by atomic mass is 79.9. The van der Waals surface area contributed by atoms with Crippen LogP contribution in [-0.2, 0) is 14.6 Å². The van der Waals surface area contributed by atoms with E-state index in [1.807, 2.05) is 13.0 Å². The zero-order chi connectivity index (χ0) is 17.7. The minimum atomic E-state index is -3.02. The quantitative estimate of drug-likeness (QED) is 0.592. The monoisotopic (exact) mass is 411 g/mol. The van der Waals surface area contributed by atoms with Crippen molar-refractivity contribution in [3.8, 4) is 6.07 Å². The van der Waals surface area contributed by atoms with Crippen LogP contribution in [0, 0.1) is 11.3 Å². The molecule has 0 aromatic heterocycles. The first-order valence-corrected chi connectivity index (χ1v) is 10.1. The van der Waals surface area contributed by atoms with E-state index < -0.39 is 15.7 Å². The lowest BCUT2D eigenvalue weighted by Gasteiger charge is -2.25. The highest BCUT2D eigenvalue weighted by molar-refractivity contribution is 9.10. The van der Waals surface area contributed by atoms with Crippen molar-refractivity contribution in [2.45, 2.75) is 19.4 Å². The van der Waals surface area contributed by atoms with Gasteiger partial charge in [-0.1, -0.05) is 15.9 Å². The van der Waals surface area contributed by atoms with Gasteiger partial charge < -0.3 is 10.2 Å². The van der Waals surface area contributed by atoms with E-state index in [1.54, 1.807) is 29.2 Å². The number of rotatable bonds is 5. The van der Waals surface area contributed by atoms with Gasteiger partial charge in [0.25, 0.3) is 5.91 Å². The van der Waals surface area contributed by atoms with E-state index in [0.717, 1.165) is 4.47 Å². The Hall–Kier alpha value is -1.85. The number of halogens is 1. The lowest BCUT2D eigenvalue weighted by Crippen LogP contribution is -2.32. The number of benzene rings is 1. The molecule has 1 aliphatic heterocycles. The number of hydrogen-bond donors (Lipinski definition) is 1. The predicted molar refractivity (Wildman–Crippen MR) is 95.9 cm³/mol. The lowest BCUT2D eigenvalue weighted by atomic mass is 10.2. The van der Waals surface area contributed by atoms with E-state index in [-0.39, 0.29) is 23.1 Å². The first-order chi connectivity index (χ1) is 11.3. The smallest absolute Gasteiger partial charge is 0.267 e. The van der Waals surface area contributed by atoms with Crippen molar-refractivity contribution in [3.63, 3.8) is 0 Å². The summed E-state index contributed by atoms with van der Waals surface area (Å²) in [6, 6.07) is 8.71. The molecule has 6 nitrogen and oxygen atoms in total. The molecule has 1 amide bonds. The summed E-state index contributed by atoms with van der Waals surface area (Å²) in [6.07, 6.45) is 1.97. The third kappa shape index (κ3) is 4.82. The molecule has 0 radical (unpaired) electrons. The summed E-state index contributed by atoms with van der Waals surface area (Å²) >= 11 is 3.31. The first kappa shape index (κ1) is 18.5. The molecule has 0 aliphatic carbocycles. The average Bonchev–Trinajstić information content (AvgIpc) is 2.90. The topological polar surface area (TPSA) is 90.3 Å². The van der Waals surface area contributed by atoms with Gasteiger partial charge in [0, 0.05) is 28.9 Å². The molecule has 1 unspecified atom stereocenters. The number of carbonyl (C=O) groups is 1. The van der Waals surface area contributed by atoms with Gasteiger partial charge in [-0.25, -0.2) is 8.42 Å². The second-order valence-corrected chi connectivity index (χ2v) is 8.65. The molecule has 1 N–H and O–H groups in total. The Labute approximate surface area is 150 Å². The molecule has 24 heavy (non-hydrogen) atoms. The molecule has 1 fully saturated rings. The Morgan fingerprint density at radius 2 is 2.12 bits per heavy atom. The van der Waals surface area contributed by atoms with Crippen molar-refractivity contribution in [1.29, 1.82) is 5.26 Å². The number of carbonyl (C=O) groups excluding carboxylic acids is 1. The second-order valence-electron chi connectivity index (χ2n) is 5.50. The molecule has 128 valence electrons. The first-order valence-electron chi connectivity index (χ1n) is 7.49. The fraction of sp³-hybridized carbons (Fsp3) is 0.375. The molecule has 1 heterocycles. The Bertz CT molecular complexity index is 782. The van der Waals surface area contributed by atoms with Crippen LogP contribution in [0.3, 0.4) is 0 Å². The zero-order valence-electron chi connectivity index (χ0n) is 13.2. The van der Waals surface area contributed by atoms with Crippen LogP contribution in [0.4, 0.5) is 5.69 Å². The summed E-state index contributed by atoms with van der Waals surface area (Å²) in [5.41, 5.74) is 0.528. The minimum absolute atomic E-state index is 0.0518. The minimum Gasteiger partial charge on any atom is -0.372 e. The van der Waals surface area contributed by atoms with Crippen molar-refractivity contribution in [2.24, 2.45) is 0 Å². The number of amides is 1. The van der Waals surface area contributed by atoms with Gasteiger partial charge in [-0.3, -0.25) is 4.79 Å². The summed E-state index contributed by atoms with van der Waals surface area (Å²) in [5, 5.41) is 11.9. The summed E-state index contributed by atoms with van der Waals surface area (Å²) in [4.78, 5) is 14.0. The fourth-order valence-corrected chi connectivity index (χ4v) is 4.53. The van der Waals surface area contributed by atoms with Crippen LogP contribution in [0.5, 0.6) is 0 Å². The number of hydrogen-bond acceptors (Lipinski definition) is 5. The molecule has 1 aromatic carbocycles. The van der Waals surface area contributed by atoms with E-state index in [1.165, 1.54) is 6.20 Å². The van der Waals surface area contributed by atoms with Crippen LogP contribution in [-0.4, -0.2) is 43.3 Å². The lowest BCUT2D eigenvalue weighted by molar-refractivity contribution is -0.112. The predicted octanol–water partition coefficient (Wildman–Crippen LogP) is 2.30. The largest absolute Gasteiger partial charge is 0.372 e. The summed E-state index contributed by atoms with van der Waals surface area (Å²) in [7, 11) is -3.02. The normalized spacial score (nSPS) is 19.5. The van der Waals surface area contributed by atoms with Gasteiger partial charge in [0.15, 0.2) is 9.84 Å². The van der Waals surface area contributed by atoms with E-state index in [4.69, 9.17) is 0 Å². The average molecular weight is 412 g/mol. The Balaban J connectivity index is 2.13. The highest BCUT2D eigenvalue weighted by Gasteiger charge is 2.31. The van der Waals surface area contributed by atoms with Crippen molar-refractivity contribution < 1.29 is 13.2 Å². The number of nitriles is 1. The molecule has 0 saturated carbocycles. The van der Waals surface area contributed by atoms with Crippen LogP contribution >= 0.6 is 15.9 Å². The number of anilines is 1. The third-order valence-electron chi connectivity index (χ3n) is 3.80. The van der Waals surface area contributed by atoms with Crippen LogP contribution in [0.1, 0.15) is 13.3 Å². The molecular weight excluding hydrogens is 394 g/mol. The maximum Gasteiger partial charge on any atom is 0.267 e. The van der Waals surface area contributed by atoms with Crippen molar-refractivity contribution >= 4 is 37.4 Å². The number of nitrogens with one attached hydrogen (secondary N) is 1. The van der Waals surface area contributed by atoms with Gasteiger partial charge in [0.05, 0.1) is 11.5 Å². The van der Waals surface area contributed by atoms with Gasteiger partial charge >= 0.3 is 0 Å². The summed E-state index contributed by atoms with van der Waals surface area (Å²) in [5.74, 6) is -0.307. The van der Waals surface area contributed by atoms with Crippen LogP contribution < -0.4 is 5.32 Å². The van der Waals surface area contributed by atoms with E-state index >= 15 is 0 Å². The van der Waals surface area contributed by atoms with Crippen LogP contribution in [0.2, 0.25) is 0 Å². The summed E-state index contributed by atoms with van der Waals surface area (Å²) in [6.45, 7) is 2.39. The van der Waals surface area contributed by atoms with Gasteiger partial charge in [-0.15, -0.1) is 0 Å². The summed E-state index contributed by atoms with van der Waals surface area (Å²) < 4.78 is 24.1. The van der Waals surface area contributed by atoms with Crippen LogP contribution in [0.15, 0.2) is 40.5 Å². The Kier molecular flexibility index (Phi) is 6.02. The second kappa shape index (κ2) is 7.81. The molecule has 8 heteroatoms. The molecule has 1 saturated heterocycles.